The highest BCUT2D eigenvalue weighted by molar-refractivity contribution is 9.28. The van der Waals surface area contributed by atoms with E-state index in [1.54, 1.807) is 25.1 Å². The van der Waals surface area contributed by atoms with Crippen LogP contribution in [-0.4, -0.2) is 5.97 Å². The van der Waals surface area contributed by atoms with Crippen molar-refractivity contribution in [3.63, 3.8) is 0 Å². The third-order valence-corrected chi connectivity index (χ3v) is 4.64. The lowest BCUT2D eigenvalue weighted by Gasteiger charge is -2.08. The quantitative estimate of drug-likeness (QED) is 0.636. The van der Waals surface area contributed by atoms with Gasteiger partial charge in [0.25, 0.3) is 0 Å². The molecule has 1 aromatic rings. The van der Waals surface area contributed by atoms with Crippen LogP contribution in [0.5, 0.6) is 0 Å². The zero-order valence-corrected chi connectivity index (χ0v) is 15.3. The molecule has 0 aliphatic heterocycles. The molecule has 2 atom stereocenters. The summed E-state index contributed by atoms with van der Waals surface area (Å²) < 4.78 is 20.0. The number of hydrogen-bond acceptors (Lipinski definition) is 2. The van der Waals surface area contributed by atoms with Crippen molar-refractivity contribution in [2.45, 2.75) is 27.4 Å². The molecule has 2 unspecified atom stereocenters. The standard InChI is InChI=1S/C16H17Br2FO2/c1-9-5-4-6-10(14(9)19)8-21-15(20)13-11(7-12(17)18)16(13,2)3/h4-7,11,13H,8H2,1-3H3. The molecule has 0 amide bonds. The Labute approximate surface area is 141 Å². The first-order valence-corrected chi connectivity index (χ1v) is 8.27. The number of rotatable bonds is 4. The number of ether oxygens (including phenoxy) is 1. The van der Waals surface area contributed by atoms with Crippen molar-refractivity contribution in [2.75, 3.05) is 0 Å². The van der Waals surface area contributed by atoms with Crippen molar-refractivity contribution in [3.8, 4) is 0 Å². The van der Waals surface area contributed by atoms with Gasteiger partial charge >= 0.3 is 5.97 Å². The lowest BCUT2D eigenvalue weighted by molar-refractivity contribution is -0.147. The molecule has 1 saturated carbocycles. The molecule has 2 nitrogen and oxygen atoms in total. The van der Waals surface area contributed by atoms with Crippen LogP contribution in [0.15, 0.2) is 27.7 Å². The summed E-state index contributed by atoms with van der Waals surface area (Å²) in [6.45, 7) is 5.72. The smallest absolute Gasteiger partial charge is 0.310 e. The summed E-state index contributed by atoms with van der Waals surface area (Å²) in [7, 11) is 0. The average Bonchev–Trinajstić information content (AvgIpc) is 2.91. The maximum Gasteiger partial charge on any atom is 0.310 e. The van der Waals surface area contributed by atoms with Gasteiger partial charge in [0.1, 0.15) is 12.4 Å². The van der Waals surface area contributed by atoms with Crippen molar-refractivity contribution in [2.24, 2.45) is 17.3 Å². The van der Waals surface area contributed by atoms with E-state index in [0.717, 1.165) is 3.39 Å². The molecule has 1 aliphatic rings. The zero-order valence-electron chi connectivity index (χ0n) is 12.1. The maximum atomic E-state index is 13.9. The fourth-order valence-corrected chi connectivity index (χ4v) is 3.20. The minimum atomic E-state index is -0.306. The summed E-state index contributed by atoms with van der Waals surface area (Å²) in [5.41, 5.74) is 0.838. The topological polar surface area (TPSA) is 26.3 Å². The number of benzene rings is 1. The van der Waals surface area contributed by atoms with Gasteiger partial charge in [-0.1, -0.05) is 38.1 Å². The molecule has 1 fully saturated rings. The van der Waals surface area contributed by atoms with Gasteiger partial charge in [-0.25, -0.2) is 4.39 Å². The van der Waals surface area contributed by atoms with Gasteiger partial charge in [0.05, 0.1) is 9.31 Å². The second kappa shape index (κ2) is 6.21. The van der Waals surface area contributed by atoms with Gasteiger partial charge in [-0.3, -0.25) is 4.79 Å². The molecule has 2 rings (SSSR count). The Kier molecular flexibility index (Phi) is 4.93. The minimum absolute atomic E-state index is 0.0230. The molecule has 0 radical (unpaired) electrons. The largest absolute Gasteiger partial charge is 0.460 e. The van der Waals surface area contributed by atoms with E-state index in [1.165, 1.54) is 0 Å². The van der Waals surface area contributed by atoms with Crippen LogP contribution >= 0.6 is 31.9 Å². The van der Waals surface area contributed by atoms with Gasteiger partial charge in [0.15, 0.2) is 0 Å². The Hall–Kier alpha value is -0.680. The van der Waals surface area contributed by atoms with E-state index in [9.17, 15) is 9.18 Å². The van der Waals surface area contributed by atoms with Crippen LogP contribution in [0.25, 0.3) is 0 Å². The van der Waals surface area contributed by atoms with Gasteiger partial charge in [-0.2, -0.15) is 0 Å². The van der Waals surface area contributed by atoms with Gasteiger partial charge in [0, 0.05) is 5.56 Å². The fraction of sp³-hybridized carbons (Fsp3) is 0.438. The van der Waals surface area contributed by atoms with Crippen LogP contribution in [0.4, 0.5) is 4.39 Å². The monoisotopic (exact) mass is 418 g/mol. The molecule has 0 N–H and O–H groups in total. The first-order valence-electron chi connectivity index (χ1n) is 6.68. The number of hydrogen-bond donors (Lipinski definition) is 0. The van der Waals surface area contributed by atoms with E-state index in [2.05, 4.69) is 31.9 Å². The molecule has 114 valence electrons. The van der Waals surface area contributed by atoms with Gasteiger partial charge in [-0.15, -0.1) is 0 Å². The van der Waals surface area contributed by atoms with Crippen LogP contribution in [-0.2, 0) is 16.1 Å². The van der Waals surface area contributed by atoms with Gasteiger partial charge < -0.3 is 4.74 Å². The summed E-state index contributed by atoms with van der Waals surface area (Å²) in [6.07, 6.45) is 1.96. The van der Waals surface area contributed by atoms with E-state index in [0.29, 0.717) is 11.1 Å². The molecule has 0 spiro atoms. The lowest BCUT2D eigenvalue weighted by atomic mass is 10.1. The summed E-state index contributed by atoms with van der Waals surface area (Å²) in [5.74, 6) is -0.639. The highest BCUT2D eigenvalue weighted by atomic mass is 79.9. The van der Waals surface area contributed by atoms with Crippen LogP contribution in [0, 0.1) is 30.0 Å². The Morgan fingerprint density at radius 2 is 2.10 bits per heavy atom. The number of halogens is 3. The van der Waals surface area contributed by atoms with E-state index >= 15 is 0 Å². The number of aryl methyl sites for hydroxylation is 1. The molecule has 0 saturated heterocycles. The van der Waals surface area contributed by atoms with Crippen LogP contribution in [0.3, 0.4) is 0 Å². The first kappa shape index (κ1) is 16.7. The van der Waals surface area contributed by atoms with E-state index in [4.69, 9.17) is 4.74 Å². The van der Waals surface area contributed by atoms with Crippen molar-refractivity contribution < 1.29 is 13.9 Å². The highest BCUT2D eigenvalue weighted by Crippen LogP contribution is 2.60. The summed E-state index contributed by atoms with van der Waals surface area (Å²) in [5, 5.41) is 0. The second-order valence-electron chi connectivity index (χ2n) is 5.94. The Morgan fingerprint density at radius 1 is 1.43 bits per heavy atom. The lowest BCUT2D eigenvalue weighted by Crippen LogP contribution is -2.11. The summed E-state index contributed by atoms with van der Waals surface area (Å²) in [4.78, 5) is 12.2. The molecule has 5 heteroatoms. The van der Waals surface area contributed by atoms with Crippen LogP contribution < -0.4 is 0 Å². The molecule has 1 aromatic carbocycles. The maximum absolute atomic E-state index is 13.9. The Bertz CT molecular complexity index is 592. The molecular formula is C16H17Br2FO2. The third-order valence-electron chi connectivity index (χ3n) is 4.11. The highest BCUT2D eigenvalue weighted by Gasteiger charge is 2.61. The number of carbonyl (C=O) groups is 1. The average molecular weight is 420 g/mol. The second-order valence-corrected chi connectivity index (χ2v) is 8.71. The normalized spacial score (nSPS) is 22.6. The Balaban J connectivity index is 2.00. The number of carbonyl (C=O) groups excluding carboxylic acids is 1. The van der Waals surface area contributed by atoms with Gasteiger partial charge in [-0.05, 0) is 55.7 Å². The number of esters is 1. The van der Waals surface area contributed by atoms with E-state index < -0.39 is 0 Å². The van der Waals surface area contributed by atoms with Gasteiger partial charge in [0.2, 0.25) is 0 Å². The van der Waals surface area contributed by atoms with Crippen molar-refractivity contribution >= 4 is 37.8 Å². The number of allylic oxidation sites excluding steroid dienone is 1. The minimum Gasteiger partial charge on any atom is -0.460 e. The van der Waals surface area contributed by atoms with Crippen LogP contribution in [0.1, 0.15) is 25.0 Å². The fourth-order valence-electron chi connectivity index (χ4n) is 2.63. The summed E-state index contributed by atoms with van der Waals surface area (Å²) >= 11 is 6.63. The van der Waals surface area contributed by atoms with E-state index in [1.807, 2.05) is 19.9 Å². The van der Waals surface area contributed by atoms with Crippen molar-refractivity contribution in [3.05, 3.63) is 44.6 Å². The van der Waals surface area contributed by atoms with Crippen LogP contribution in [0.2, 0.25) is 0 Å². The van der Waals surface area contributed by atoms with Crippen molar-refractivity contribution in [1.82, 2.24) is 0 Å². The SMILES string of the molecule is Cc1cccc(COC(=O)C2C(C=C(Br)Br)C2(C)C)c1F. The molecule has 1 aliphatic carbocycles. The van der Waals surface area contributed by atoms with Crippen molar-refractivity contribution in [1.29, 1.82) is 0 Å². The molecule has 0 bridgehead atoms. The predicted octanol–water partition coefficient (Wildman–Crippen LogP) is 5.08. The third kappa shape index (κ3) is 3.57. The molecular weight excluding hydrogens is 403 g/mol. The molecule has 0 aromatic heterocycles. The molecule has 0 heterocycles. The van der Waals surface area contributed by atoms with E-state index in [-0.39, 0.29) is 35.6 Å². The molecule has 21 heavy (non-hydrogen) atoms. The zero-order chi connectivity index (χ0) is 15.8. The Morgan fingerprint density at radius 3 is 2.71 bits per heavy atom. The first-order chi connectivity index (χ1) is 9.75. The predicted molar refractivity (Wildman–Crippen MR) is 87.6 cm³/mol. The summed E-state index contributed by atoms with van der Waals surface area (Å²) in [6, 6.07) is 5.09.